The van der Waals surface area contributed by atoms with E-state index in [2.05, 4.69) is 10.6 Å². The Bertz CT molecular complexity index is 750. The van der Waals surface area contributed by atoms with Crippen molar-refractivity contribution in [3.8, 4) is 0 Å². The summed E-state index contributed by atoms with van der Waals surface area (Å²) in [6.45, 7) is 3.86. The van der Waals surface area contributed by atoms with Gasteiger partial charge >= 0.3 is 7.12 Å². The topological polar surface area (TPSA) is 112 Å². The van der Waals surface area contributed by atoms with Crippen molar-refractivity contribution in [1.82, 2.24) is 10.6 Å². The summed E-state index contributed by atoms with van der Waals surface area (Å²) in [5, 5.41) is 24.6. The number of hydrogen-bond donors (Lipinski definition) is 4. The molecule has 8 heteroatoms. The first-order chi connectivity index (χ1) is 13.8. The van der Waals surface area contributed by atoms with Gasteiger partial charge in [-0.1, -0.05) is 44.2 Å². The van der Waals surface area contributed by atoms with Crippen LogP contribution in [0.2, 0.25) is 0 Å². The van der Waals surface area contributed by atoms with Crippen molar-refractivity contribution in [3.63, 3.8) is 0 Å². The summed E-state index contributed by atoms with van der Waals surface area (Å²) in [5.74, 6) is -0.663. The standard InChI is InChI=1S/C21H29BN2O5/c1-15(2)13-19(22(27)28)24-21(26)18(14-16-7-4-3-5-8-16)23-20(25)11-10-17-9-6-12-29-17/h3-9,12,15,18-19,27-28H,10-11,13-14H2,1-2H3,(H,23,25)(H,24,26)/t18-,19-/m0/s1. The molecule has 156 valence electrons. The van der Waals surface area contributed by atoms with Crippen LogP contribution in [0.1, 0.15) is 38.0 Å². The molecule has 0 radical (unpaired) electrons. The van der Waals surface area contributed by atoms with Crippen molar-refractivity contribution in [1.29, 1.82) is 0 Å². The fourth-order valence-corrected chi connectivity index (χ4v) is 3.06. The second-order valence-electron chi connectivity index (χ2n) is 7.55. The summed E-state index contributed by atoms with van der Waals surface area (Å²) in [4.78, 5) is 25.3. The molecule has 1 heterocycles. The molecular weight excluding hydrogens is 371 g/mol. The number of carbonyl (C=O) groups is 2. The van der Waals surface area contributed by atoms with Crippen LogP contribution in [-0.4, -0.2) is 41.0 Å². The van der Waals surface area contributed by atoms with Gasteiger partial charge in [-0.25, -0.2) is 0 Å². The van der Waals surface area contributed by atoms with E-state index in [4.69, 9.17) is 4.42 Å². The van der Waals surface area contributed by atoms with E-state index in [1.807, 2.05) is 44.2 Å². The van der Waals surface area contributed by atoms with E-state index in [1.54, 1.807) is 18.4 Å². The Morgan fingerprint density at radius 3 is 2.38 bits per heavy atom. The Labute approximate surface area is 171 Å². The van der Waals surface area contributed by atoms with Gasteiger partial charge in [-0.3, -0.25) is 9.59 Å². The number of benzene rings is 1. The summed E-state index contributed by atoms with van der Waals surface area (Å²) < 4.78 is 5.23. The van der Waals surface area contributed by atoms with Gasteiger partial charge in [0.15, 0.2) is 0 Å². The van der Waals surface area contributed by atoms with Crippen molar-refractivity contribution in [2.75, 3.05) is 0 Å². The highest BCUT2D eigenvalue weighted by molar-refractivity contribution is 6.43. The molecule has 0 fully saturated rings. The summed E-state index contributed by atoms with van der Waals surface area (Å²) in [5.41, 5.74) is 0.893. The van der Waals surface area contributed by atoms with Gasteiger partial charge in [0.2, 0.25) is 11.8 Å². The minimum absolute atomic E-state index is 0.164. The second kappa shape index (κ2) is 11.4. The Hall–Kier alpha value is -2.58. The molecule has 0 unspecified atom stereocenters. The number of furan rings is 1. The lowest BCUT2D eigenvalue weighted by molar-refractivity contribution is -0.129. The van der Waals surface area contributed by atoms with Crippen LogP contribution in [0.5, 0.6) is 0 Å². The summed E-state index contributed by atoms with van der Waals surface area (Å²) in [7, 11) is -1.67. The van der Waals surface area contributed by atoms with Gasteiger partial charge in [-0.2, -0.15) is 0 Å². The predicted octanol–water partition coefficient (Wildman–Crippen LogP) is 1.48. The van der Waals surface area contributed by atoms with E-state index in [9.17, 15) is 19.6 Å². The number of nitrogens with one attached hydrogen (secondary N) is 2. The van der Waals surface area contributed by atoms with Crippen LogP contribution >= 0.6 is 0 Å². The van der Waals surface area contributed by atoms with E-state index in [0.717, 1.165) is 5.56 Å². The zero-order chi connectivity index (χ0) is 21.2. The van der Waals surface area contributed by atoms with E-state index in [-0.39, 0.29) is 18.2 Å². The average Bonchev–Trinajstić information content (AvgIpc) is 3.19. The molecule has 0 aliphatic rings. The number of carbonyl (C=O) groups excluding carboxylic acids is 2. The molecule has 0 saturated carbocycles. The first kappa shape index (κ1) is 22.7. The number of hydrogen-bond acceptors (Lipinski definition) is 5. The molecule has 7 nitrogen and oxygen atoms in total. The first-order valence-electron chi connectivity index (χ1n) is 9.87. The molecule has 1 aromatic carbocycles. The van der Waals surface area contributed by atoms with Crippen molar-refractivity contribution >= 4 is 18.9 Å². The molecule has 4 N–H and O–H groups in total. The van der Waals surface area contributed by atoms with Gasteiger partial charge in [0.25, 0.3) is 0 Å². The fourth-order valence-electron chi connectivity index (χ4n) is 3.06. The van der Waals surface area contributed by atoms with Crippen LogP contribution in [0.3, 0.4) is 0 Å². The highest BCUT2D eigenvalue weighted by atomic mass is 16.4. The third kappa shape index (κ3) is 8.13. The van der Waals surface area contributed by atoms with Crippen LogP contribution in [0.15, 0.2) is 53.1 Å². The normalized spacial score (nSPS) is 13.0. The predicted molar refractivity (Wildman–Crippen MR) is 111 cm³/mol. The Kier molecular flexibility index (Phi) is 8.95. The second-order valence-corrected chi connectivity index (χ2v) is 7.55. The molecule has 29 heavy (non-hydrogen) atoms. The molecule has 0 spiro atoms. The van der Waals surface area contributed by atoms with Gasteiger partial charge in [0.1, 0.15) is 11.8 Å². The molecule has 0 bridgehead atoms. The molecule has 2 rings (SSSR count). The van der Waals surface area contributed by atoms with E-state index in [1.165, 1.54) is 0 Å². The summed E-state index contributed by atoms with van der Waals surface area (Å²) >= 11 is 0. The van der Waals surface area contributed by atoms with Crippen molar-refractivity contribution in [2.45, 2.75) is 51.5 Å². The molecule has 0 saturated heterocycles. The van der Waals surface area contributed by atoms with E-state index >= 15 is 0 Å². The monoisotopic (exact) mass is 400 g/mol. The highest BCUT2D eigenvalue weighted by Gasteiger charge is 2.30. The van der Waals surface area contributed by atoms with Gasteiger partial charge in [-0.05, 0) is 30.0 Å². The molecular formula is C21H29BN2O5. The van der Waals surface area contributed by atoms with Crippen LogP contribution in [0.25, 0.3) is 0 Å². The Balaban J connectivity index is 2.04. The lowest BCUT2D eigenvalue weighted by atomic mass is 9.75. The minimum atomic E-state index is -1.67. The zero-order valence-corrected chi connectivity index (χ0v) is 16.9. The van der Waals surface area contributed by atoms with Gasteiger partial charge in [-0.15, -0.1) is 0 Å². The molecule has 0 aliphatic heterocycles. The third-order valence-electron chi connectivity index (χ3n) is 4.53. The molecule has 1 aromatic heterocycles. The number of amides is 2. The Morgan fingerprint density at radius 1 is 1.07 bits per heavy atom. The Morgan fingerprint density at radius 2 is 1.79 bits per heavy atom. The molecule has 0 aliphatic carbocycles. The minimum Gasteiger partial charge on any atom is -0.469 e. The van der Waals surface area contributed by atoms with Crippen LogP contribution < -0.4 is 10.6 Å². The number of rotatable bonds is 11. The van der Waals surface area contributed by atoms with Gasteiger partial charge < -0.3 is 25.1 Å². The van der Waals surface area contributed by atoms with Gasteiger partial charge in [0.05, 0.1) is 12.2 Å². The maximum atomic E-state index is 12.8. The number of aryl methyl sites for hydroxylation is 1. The molecule has 2 atom stereocenters. The lowest BCUT2D eigenvalue weighted by Crippen LogP contribution is -2.55. The van der Waals surface area contributed by atoms with Crippen LogP contribution in [0, 0.1) is 5.92 Å². The zero-order valence-electron chi connectivity index (χ0n) is 16.9. The average molecular weight is 400 g/mol. The van der Waals surface area contributed by atoms with Gasteiger partial charge in [0, 0.05) is 19.3 Å². The highest BCUT2D eigenvalue weighted by Crippen LogP contribution is 2.09. The first-order valence-corrected chi connectivity index (χ1v) is 9.87. The fraction of sp³-hybridized carbons (Fsp3) is 0.429. The summed E-state index contributed by atoms with van der Waals surface area (Å²) in [6.07, 6.45) is 2.88. The van der Waals surface area contributed by atoms with Crippen LogP contribution in [-0.2, 0) is 22.4 Å². The maximum Gasteiger partial charge on any atom is 0.475 e. The quantitative estimate of drug-likeness (QED) is 0.427. The third-order valence-corrected chi connectivity index (χ3v) is 4.53. The SMILES string of the molecule is CC(C)C[C@H](NC(=O)[C@H](Cc1ccccc1)NC(=O)CCc1ccco1)B(O)O. The maximum absolute atomic E-state index is 12.8. The largest absolute Gasteiger partial charge is 0.475 e. The van der Waals surface area contributed by atoms with E-state index in [0.29, 0.717) is 25.0 Å². The van der Waals surface area contributed by atoms with Crippen molar-refractivity contribution in [2.24, 2.45) is 5.92 Å². The molecule has 2 amide bonds. The molecule has 2 aromatic rings. The summed E-state index contributed by atoms with van der Waals surface area (Å²) in [6, 6.07) is 12.1. The van der Waals surface area contributed by atoms with Crippen molar-refractivity contribution < 1.29 is 24.1 Å². The van der Waals surface area contributed by atoms with Crippen LogP contribution in [0.4, 0.5) is 0 Å². The smallest absolute Gasteiger partial charge is 0.469 e. The van der Waals surface area contributed by atoms with Crippen molar-refractivity contribution in [3.05, 3.63) is 60.1 Å². The lowest BCUT2D eigenvalue weighted by Gasteiger charge is -2.24. The van der Waals surface area contributed by atoms with E-state index < -0.39 is 25.0 Å².